The third kappa shape index (κ3) is 4.64. The van der Waals surface area contributed by atoms with E-state index in [2.05, 4.69) is 0 Å². The Morgan fingerprint density at radius 2 is 1.83 bits per heavy atom. The molecule has 24 heavy (non-hydrogen) atoms. The SMILES string of the molecule is CC(C)[S@@](=O)c1ccc(C(=O)N(CC(=O)O)C2CCOCC2)cc1. The second kappa shape index (κ2) is 8.39. The summed E-state index contributed by atoms with van der Waals surface area (Å²) in [6.07, 6.45) is 1.27. The molecule has 6 nitrogen and oxygen atoms in total. The van der Waals surface area contributed by atoms with Crippen LogP contribution in [-0.4, -0.2) is 57.1 Å². The zero-order chi connectivity index (χ0) is 17.7. The summed E-state index contributed by atoms with van der Waals surface area (Å²) in [7, 11) is -1.12. The Hall–Kier alpha value is -1.73. The molecule has 0 unspecified atom stereocenters. The average molecular weight is 353 g/mol. The molecule has 1 amide bonds. The van der Waals surface area contributed by atoms with Crippen LogP contribution in [0.3, 0.4) is 0 Å². The maximum Gasteiger partial charge on any atom is 0.323 e. The van der Waals surface area contributed by atoms with Crippen molar-refractivity contribution >= 4 is 22.7 Å². The summed E-state index contributed by atoms with van der Waals surface area (Å²) < 4.78 is 17.4. The zero-order valence-electron chi connectivity index (χ0n) is 13.9. The minimum atomic E-state index is -1.12. The fourth-order valence-electron chi connectivity index (χ4n) is 2.68. The van der Waals surface area contributed by atoms with Crippen molar-refractivity contribution < 1.29 is 23.6 Å². The van der Waals surface area contributed by atoms with E-state index in [1.807, 2.05) is 13.8 Å². The van der Waals surface area contributed by atoms with E-state index in [4.69, 9.17) is 9.84 Å². The first kappa shape index (κ1) is 18.6. The van der Waals surface area contributed by atoms with Gasteiger partial charge in [0, 0.05) is 35.0 Å². The molecule has 1 N–H and O–H groups in total. The van der Waals surface area contributed by atoms with Crippen LogP contribution in [0, 0.1) is 0 Å². The van der Waals surface area contributed by atoms with Crippen LogP contribution in [-0.2, 0) is 20.3 Å². The van der Waals surface area contributed by atoms with E-state index in [-0.39, 0.29) is 23.7 Å². The third-order valence-electron chi connectivity index (χ3n) is 3.96. The second-order valence-electron chi connectivity index (χ2n) is 6.04. The molecule has 132 valence electrons. The van der Waals surface area contributed by atoms with Crippen LogP contribution in [0.5, 0.6) is 0 Å². The molecule has 1 heterocycles. The van der Waals surface area contributed by atoms with Crippen molar-refractivity contribution in [2.75, 3.05) is 19.8 Å². The number of rotatable bonds is 6. The van der Waals surface area contributed by atoms with Crippen LogP contribution in [0.25, 0.3) is 0 Å². The van der Waals surface area contributed by atoms with Crippen LogP contribution in [0.15, 0.2) is 29.2 Å². The molecule has 0 aromatic heterocycles. The van der Waals surface area contributed by atoms with Gasteiger partial charge in [0.15, 0.2) is 0 Å². The zero-order valence-corrected chi connectivity index (χ0v) is 14.8. The molecule has 2 rings (SSSR count). The molecule has 1 saturated heterocycles. The number of amides is 1. The van der Waals surface area contributed by atoms with Crippen molar-refractivity contribution in [1.29, 1.82) is 0 Å². The quantitative estimate of drug-likeness (QED) is 0.844. The number of carboxylic acid groups (broad SMARTS) is 1. The number of carbonyl (C=O) groups excluding carboxylic acids is 1. The first-order valence-corrected chi connectivity index (χ1v) is 9.22. The lowest BCUT2D eigenvalue weighted by Gasteiger charge is -2.33. The van der Waals surface area contributed by atoms with Gasteiger partial charge in [0.25, 0.3) is 5.91 Å². The minimum Gasteiger partial charge on any atom is -0.480 e. The molecule has 0 spiro atoms. The fraction of sp³-hybridized carbons (Fsp3) is 0.529. The molecule has 1 aromatic carbocycles. The summed E-state index contributed by atoms with van der Waals surface area (Å²) in [5.74, 6) is -1.35. The van der Waals surface area contributed by atoms with Crippen molar-refractivity contribution in [2.24, 2.45) is 0 Å². The van der Waals surface area contributed by atoms with Gasteiger partial charge in [0.1, 0.15) is 6.54 Å². The van der Waals surface area contributed by atoms with Gasteiger partial charge in [-0.2, -0.15) is 0 Å². The van der Waals surface area contributed by atoms with Crippen LogP contribution >= 0.6 is 0 Å². The van der Waals surface area contributed by atoms with Gasteiger partial charge in [0.2, 0.25) is 0 Å². The van der Waals surface area contributed by atoms with E-state index in [1.54, 1.807) is 24.3 Å². The predicted octanol–water partition coefficient (Wildman–Crippen LogP) is 1.91. The Labute approximate surface area is 144 Å². The van der Waals surface area contributed by atoms with Gasteiger partial charge in [-0.3, -0.25) is 13.8 Å². The highest BCUT2D eigenvalue weighted by molar-refractivity contribution is 7.85. The van der Waals surface area contributed by atoms with Crippen molar-refractivity contribution in [3.63, 3.8) is 0 Å². The van der Waals surface area contributed by atoms with E-state index < -0.39 is 16.8 Å². The van der Waals surface area contributed by atoms with Gasteiger partial charge in [-0.15, -0.1) is 0 Å². The number of ether oxygens (including phenoxy) is 1. The molecule has 1 fully saturated rings. The smallest absolute Gasteiger partial charge is 0.323 e. The molecule has 1 aromatic rings. The summed E-state index contributed by atoms with van der Waals surface area (Å²) in [6, 6.07) is 6.45. The number of hydrogen-bond donors (Lipinski definition) is 1. The molecular weight excluding hydrogens is 330 g/mol. The van der Waals surface area contributed by atoms with Gasteiger partial charge >= 0.3 is 5.97 Å². The van der Waals surface area contributed by atoms with Crippen LogP contribution in [0.2, 0.25) is 0 Å². The van der Waals surface area contributed by atoms with Crippen LogP contribution < -0.4 is 0 Å². The highest BCUT2D eigenvalue weighted by Crippen LogP contribution is 2.19. The van der Waals surface area contributed by atoms with Gasteiger partial charge < -0.3 is 14.7 Å². The fourth-order valence-corrected chi connectivity index (χ4v) is 3.63. The highest BCUT2D eigenvalue weighted by Gasteiger charge is 2.28. The van der Waals surface area contributed by atoms with E-state index in [0.29, 0.717) is 36.5 Å². The summed E-state index contributed by atoms with van der Waals surface area (Å²) in [4.78, 5) is 25.9. The second-order valence-corrected chi connectivity index (χ2v) is 8.05. The van der Waals surface area contributed by atoms with Gasteiger partial charge in [-0.25, -0.2) is 0 Å². The first-order valence-electron chi connectivity index (χ1n) is 8.01. The van der Waals surface area contributed by atoms with Crippen molar-refractivity contribution in [2.45, 2.75) is 42.9 Å². The van der Waals surface area contributed by atoms with Gasteiger partial charge in [0.05, 0.1) is 10.8 Å². The molecule has 1 aliphatic heterocycles. The summed E-state index contributed by atoms with van der Waals surface area (Å²) in [6.45, 7) is 4.47. The minimum absolute atomic E-state index is 0.00250. The normalized spacial score (nSPS) is 16.8. The van der Waals surface area contributed by atoms with E-state index in [0.717, 1.165) is 0 Å². The van der Waals surface area contributed by atoms with Gasteiger partial charge in [-0.1, -0.05) is 13.8 Å². The maximum atomic E-state index is 12.7. The number of nitrogens with zero attached hydrogens (tertiary/aromatic N) is 1. The molecular formula is C17H23NO5S. The van der Waals surface area contributed by atoms with E-state index in [1.165, 1.54) is 4.90 Å². The molecule has 1 aliphatic rings. The Morgan fingerprint density at radius 3 is 2.33 bits per heavy atom. The van der Waals surface area contributed by atoms with Crippen LogP contribution in [0.1, 0.15) is 37.0 Å². The largest absolute Gasteiger partial charge is 0.480 e. The Balaban J connectivity index is 2.18. The Bertz CT molecular complexity index is 608. The third-order valence-corrected chi connectivity index (χ3v) is 5.55. The number of carboxylic acids is 1. The topological polar surface area (TPSA) is 83.9 Å². The number of carbonyl (C=O) groups is 2. The predicted molar refractivity (Wildman–Crippen MR) is 90.5 cm³/mol. The summed E-state index contributed by atoms with van der Waals surface area (Å²) >= 11 is 0. The van der Waals surface area contributed by atoms with Gasteiger partial charge in [-0.05, 0) is 37.1 Å². The molecule has 0 saturated carbocycles. The standard InChI is InChI=1S/C17H23NO5S/c1-12(2)24(22)15-5-3-13(4-6-15)17(21)18(11-16(19)20)14-7-9-23-10-8-14/h3-6,12,14H,7-11H2,1-2H3,(H,19,20)/t24-/m1/s1. The van der Waals surface area contributed by atoms with Crippen molar-refractivity contribution in [1.82, 2.24) is 4.90 Å². The lowest BCUT2D eigenvalue weighted by Crippen LogP contribution is -2.46. The molecule has 0 aliphatic carbocycles. The molecule has 7 heteroatoms. The Morgan fingerprint density at radius 1 is 1.25 bits per heavy atom. The lowest BCUT2D eigenvalue weighted by molar-refractivity contribution is -0.138. The maximum absolute atomic E-state index is 12.7. The number of benzene rings is 1. The van der Waals surface area contributed by atoms with E-state index >= 15 is 0 Å². The molecule has 0 bridgehead atoms. The van der Waals surface area contributed by atoms with Crippen molar-refractivity contribution in [3.05, 3.63) is 29.8 Å². The van der Waals surface area contributed by atoms with Crippen molar-refractivity contribution in [3.8, 4) is 0 Å². The highest BCUT2D eigenvalue weighted by atomic mass is 32.2. The Kier molecular flexibility index (Phi) is 6.51. The first-order chi connectivity index (χ1) is 11.4. The number of aliphatic carboxylic acids is 1. The molecule has 0 radical (unpaired) electrons. The molecule has 1 atom stereocenters. The monoisotopic (exact) mass is 353 g/mol. The average Bonchev–Trinajstić information content (AvgIpc) is 2.59. The number of hydrogen-bond acceptors (Lipinski definition) is 4. The summed E-state index contributed by atoms with van der Waals surface area (Å²) in [5.41, 5.74) is 0.409. The van der Waals surface area contributed by atoms with Crippen LogP contribution in [0.4, 0.5) is 0 Å². The summed E-state index contributed by atoms with van der Waals surface area (Å²) in [5, 5.41) is 9.12. The van der Waals surface area contributed by atoms with E-state index in [9.17, 15) is 13.8 Å². The lowest BCUT2D eigenvalue weighted by atomic mass is 10.1.